The molecule has 0 unspecified atom stereocenters. The first-order chi connectivity index (χ1) is 8.49. The van der Waals surface area contributed by atoms with Crippen LogP contribution in [0.25, 0.3) is 11.3 Å². The van der Waals surface area contributed by atoms with Gasteiger partial charge in [0.2, 0.25) is 0 Å². The molecule has 0 bridgehead atoms. The smallest absolute Gasteiger partial charge is 0.287 e. The monoisotopic (exact) mass is 329 g/mol. The minimum atomic E-state index is -0.695. The third-order valence-electron chi connectivity index (χ3n) is 2.23. The van der Waals surface area contributed by atoms with Gasteiger partial charge in [-0.05, 0) is 45.7 Å². The second kappa shape index (κ2) is 4.91. The van der Waals surface area contributed by atoms with Gasteiger partial charge in [-0.15, -0.1) is 0 Å². The van der Waals surface area contributed by atoms with E-state index < -0.39 is 10.2 Å². The number of nitro benzene ring substituents is 1. The zero-order valence-corrected chi connectivity index (χ0v) is 11.1. The Bertz CT molecular complexity index is 638. The van der Waals surface area contributed by atoms with Gasteiger partial charge in [0.15, 0.2) is 5.76 Å². The van der Waals surface area contributed by atoms with Crippen LogP contribution in [0, 0.1) is 10.1 Å². The fourth-order valence-electron chi connectivity index (χ4n) is 1.41. The van der Waals surface area contributed by atoms with Crippen LogP contribution in [-0.4, -0.2) is 10.2 Å². The van der Waals surface area contributed by atoms with E-state index in [4.69, 9.17) is 16.0 Å². The molecule has 0 fully saturated rings. The number of halogens is 2. The number of carbonyl (C=O) groups is 1. The highest BCUT2D eigenvalue weighted by Crippen LogP contribution is 2.32. The van der Waals surface area contributed by atoms with Gasteiger partial charge in [0.25, 0.3) is 10.9 Å². The molecule has 0 radical (unpaired) electrons. The van der Waals surface area contributed by atoms with Crippen LogP contribution in [0.3, 0.4) is 0 Å². The Hall–Kier alpha value is -1.66. The van der Waals surface area contributed by atoms with Crippen molar-refractivity contribution in [3.05, 3.63) is 50.7 Å². The van der Waals surface area contributed by atoms with Crippen LogP contribution in [0.4, 0.5) is 5.69 Å². The minimum absolute atomic E-state index is 0.0249. The number of non-ortho nitro benzene ring substituents is 1. The molecule has 2 rings (SSSR count). The van der Waals surface area contributed by atoms with E-state index in [1.165, 1.54) is 24.3 Å². The van der Waals surface area contributed by atoms with Crippen LogP contribution in [0.2, 0.25) is 0 Å². The van der Waals surface area contributed by atoms with Gasteiger partial charge in [0, 0.05) is 22.2 Å². The average molecular weight is 331 g/mol. The Labute approximate surface area is 115 Å². The maximum Gasteiger partial charge on any atom is 0.287 e. The summed E-state index contributed by atoms with van der Waals surface area (Å²) in [5.41, 5.74) is 0.565. The van der Waals surface area contributed by atoms with E-state index in [-0.39, 0.29) is 11.4 Å². The van der Waals surface area contributed by atoms with Crippen LogP contribution in [0.15, 0.2) is 39.2 Å². The first-order valence-electron chi connectivity index (χ1n) is 4.73. The molecule has 0 N–H and O–H groups in total. The van der Waals surface area contributed by atoms with Crippen molar-refractivity contribution in [2.75, 3.05) is 0 Å². The molecule has 0 atom stereocenters. The first-order valence-corrected chi connectivity index (χ1v) is 5.90. The van der Waals surface area contributed by atoms with E-state index >= 15 is 0 Å². The Kier molecular flexibility index (Phi) is 3.49. The minimum Gasteiger partial charge on any atom is -0.452 e. The maximum absolute atomic E-state index is 10.9. The summed E-state index contributed by atoms with van der Waals surface area (Å²) in [5.74, 6) is 0.428. The molecule has 0 spiro atoms. The van der Waals surface area contributed by atoms with Gasteiger partial charge >= 0.3 is 0 Å². The number of nitro groups is 1. The largest absolute Gasteiger partial charge is 0.452 e. The predicted molar refractivity (Wildman–Crippen MR) is 68.7 cm³/mol. The summed E-state index contributed by atoms with van der Waals surface area (Å²) in [5, 5.41) is 9.90. The van der Waals surface area contributed by atoms with Crippen molar-refractivity contribution in [1.82, 2.24) is 0 Å². The molecule has 2 aromatic rings. The maximum atomic E-state index is 10.9. The highest BCUT2D eigenvalue weighted by atomic mass is 79.9. The van der Waals surface area contributed by atoms with Gasteiger partial charge in [-0.25, -0.2) is 0 Å². The van der Waals surface area contributed by atoms with Crippen molar-refractivity contribution in [3.63, 3.8) is 0 Å². The highest BCUT2D eigenvalue weighted by Gasteiger charge is 2.14. The second-order valence-electron chi connectivity index (χ2n) is 3.36. The molecular formula is C11H5BrClNO4. The van der Waals surface area contributed by atoms with Crippen molar-refractivity contribution >= 4 is 38.5 Å². The fraction of sp³-hybridized carbons (Fsp3) is 0. The van der Waals surface area contributed by atoms with Crippen molar-refractivity contribution in [2.24, 2.45) is 0 Å². The summed E-state index contributed by atoms with van der Waals surface area (Å²) in [6.07, 6.45) is 0. The molecule has 0 aliphatic carbocycles. The Morgan fingerprint density at radius 3 is 2.56 bits per heavy atom. The van der Waals surface area contributed by atoms with Gasteiger partial charge in [0.05, 0.1) is 4.92 Å². The number of rotatable bonds is 3. The third-order valence-corrected chi connectivity index (χ3v) is 3.07. The van der Waals surface area contributed by atoms with Gasteiger partial charge in [-0.2, -0.15) is 0 Å². The standard InChI is InChI=1S/C11H5BrClNO4/c12-8-5-6(14(16)17)1-2-7(8)9-3-4-10(18-9)11(13)15/h1-5H. The fourth-order valence-corrected chi connectivity index (χ4v) is 2.07. The lowest BCUT2D eigenvalue weighted by atomic mass is 10.1. The molecule has 1 heterocycles. The lowest BCUT2D eigenvalue weighted by Gasteiger charge is -2.00. The molecule has 5 nitrogen and oxygen atoms in total. The van der Waals surface area contributed by atoms with Crippen molar-refractivity contribution < 1.29 is 14.1 Å². The summed E-state index contributed by atoms with van der Waals surface area (Å²) in [7, 11) is 0. The first kappa shape index (κ1) is 12.8. The van der Waals surface area contributed by atoms with Crippen LogP contribution >= 0.6 is 27.5 Å². The number of carbonyl (C=O) groups excluding carboxylic acids is 1. The lowest BCUT2D eigenvalue weighted by Crippen LogP contribution is -1.88. The number of benzene rings is 1. The molecule has 1 aromatic carbocycles. The van der Waals surface area contributed by atoms with E-state index in [1.54, 1.807) is 6.07 Å². The summed E-state index contributed by atoms with van der Waals surface area (Å²) in [4.78, 5) is 21.0. The predicted octanol–water partition coefficient (Wildman–Crippen LogP) is 4.00. The molecule has 0 saturated carbocycles. The average Bonchev–Trinajstić information content (AvgIpc) is 2.78. The molecule has 92 valence electrons. The number of nitrogens with zero attached hydrogens (tertiary/aromatic N) is 1. The number of hydrogen-bond donors (Lipinski definition) is 0. The molecule has 7 heteroatoms. The Balaban J connectivity index is 2.44. The molecule has 18 heavy (non-hydrogen) atoms. The van der Waals surface area contributed by atoms with Crippen molar-refractivity contribution in [2.45, 2.75) is 0 Å². The molecule has 0 aliphatic rings. The summed E-state index contributed by atoms with van der Waals surface area (Å²) >= 11 is 8.49. The Morgan fingerprint density at radius 2 is 2.06 bits per heavy atom. The van der Waals surface area contributed by atoms with Gasteiger partial charge < -0.3 is 4.42 Å². The zero-order valence-electron chi connectivity index (χ0n) is 8.72. The summed E-state index contributed by atoms with van der Waals surface area (Å²) in [6.45, 7) is 0. The van der Waals surface area contributed by atoms with E-state index in [0.29, 0.717) is 15.8 Å². The van der Waals surface area contributed by atoms with Crippen LogP contribution in [-0.2, 0) is 0 Å². The quantitative estimate of drug-likeness (QED) is 0.484. The molecule has 0 saturated heterocycles. The summed E-state index contributed by atoms with van der Waals surface area (Å²) in [6, 6.07) is 7.26. The zero-order chi connectivity index (χ0) is 13.3. The summed E-state index contributed by atoms with van der Waals surface area (Å²) < 4.78 is 5.73. The number of hydrogen-bond acceptors (Lipinski definition) is 4. The third kappa shape index (κ3) is 2.44. The van der Waals surface area contributed by atoms with Gasteiger partial charge in [-0.3, -0.25) is 14.9 Å². The van der Waals surface area contributed by atoms with Crippen LogP contribution in [0.1, 0.15) is 10.6 Å². The molecule has 0 amide bonds. The van der Waals surface area contributed by atoms with Crippen molar-refractivity contribution in [1.29, 1.82) is 0 Å². The van der Waals surface area contributed by atoms with E-state index in [0.717, 1.165) is 0 Å². The van der Waals surface area contributed by atoms with E-state index in [1.807, 2.05) is 0 Å². The lowest BCUT2D eigenvalue weighted by molar-refractivity contribution is -0.384. The SMILES string of the molecule is O=C(Cl)c1ccc(-c2ccc([N+](=O)[O-])cc2Br)o1. The molecule has 1 aromatic heterocycles. The number of furan rings is 1. The Morgan fingerprint density at radius 1 is 1.33 bits per heavy atom. The molecular weight excluding hydrogens is 325 g/mol. The highest BCUT2D eigenvalue weighted by molar-refractivity contribution is 9.10. The van der Waals surface area contributed by atoms with E-state index in [9.17, 15) is 14.9 Å². The second-order valence-corrected chi connectivity index (χ2v) is 4.56. The van der Waals surface area contributed by atoms with E-state index in [2.05, 4.69) is 15.9 Å². The van der Waals surface area contributed by atoms with Crippen molar-refractivity contribution in [3.8, 4) is 11.3 Å². The van der Waals surface area contributed by atoms with Crippen LogP contribution in [0.5, 0.6) is 0 Å². The van der Waals surface area contributed by atoms with Crippen LogP contribution < -0.4 is 0 Å². The topological polar surface area (TPSA) is 73.3 Å². The van der Waals surface area contributed by atoms with Gasteiger partial charge in [-0.1, -0.05) is 0 Å². The van der Waals surface area contributed by atoms with Gasteiger partial charge in [0.1, 0.15) is 5.76 Å². The molecule has 0 aliphatic heterocycles. The normalized spacial score (nSPS) is 10.3.